The monoisotopic (exact) mass is 511 g/mol. The number of aromatic amines is 1. The maximum absolute atomic E-state index is 12.6. The molecule has 1 aliphatic rings. The van der Waals surface area contributed by atoms with Crippen LogP contribution in [0.2, 0.25) is 0 Å². The van der Waals surface area contributed by atoms with Crippen LogP contribution in [0.3, 0.4) is 0 Å². The second-order valence-electron chi connectivity index (χ2n) is 10.4. The summed E-state index contributed by atoms with van der Waals surface area (Å²) in [4.78, 5) is 31.4. The number of alkyl carbamates (subject to hydrolysis) is 1. The van der Waals surface area contributed by atoms with Gasteiger partial charge in [0.2, 0.25) is 5.69 Å². The van der Waals surface area contributed by atoms with Crippen molar-refractivity contribution in [1.29, 1.82) is 0 Å². The average Bonchev–Trinajstić information content (AvgIpc) is 3.60. The summed E-state index contributed by atoms with van der Waals surface area (Å²) in [5.74, 6) is 0.577. The molecule has 1 fully saturated rings. The second-order valence-corrected chi connectivity index (χ2v) is 10.4. The Morgan fingerprint density at radius 3 is 2.71 bits per heavy atom. The van der Waals surface area contributed by atoms with E-state index in [1.807, 2.05) is 37.4 Å². The summed E-state index contributed by atoms with van der Waals surface area (Å²) in [6.07, 6.45) is 4.99. The molecular formula is C29H29N5O4. The number of rotatable bonds is 6. The summed E-state index contributed by atoms with van der Waals surface area (Å²) in [5, 5.41) is 8.46. The Morgan fingerprint density at radius 1 is 1.21 bits per heavy atom. The van der Waals surface area contributed by atoms with Gasteiger partial charge in [0.05, 0.1) is 24.6 Å². The number of carbonyl (C=O) groups is 1. The van der Waals surface area contributed by atoms with Crippen LogP contribution in [0.4, 0.5) is 10.5 Å². The van der Waals surface area contributed by atoms with Crippen molar-refractivity contribution in [2.45, 2.75) is 51.9 Å². The minimum atomic E-state index is -0.619. The molecule has 0 atom stereocenters. The predicted octanol–water partition coefficient (Wildman–Crippen LogP) is 5.71. The number of aryl methyl sites for hydroxylation is 1. The Hall–Kier alpha value is -4.58. The van der Waals surface area contributed by atoms with Crippen LogP contribution in [-0.4, -0.2) is 32.6 Å². The summed E-state index contributed by atoms with van der Waals surface area (Å²) in [6, 6.07) is 11.2. The standard InChI is InChI=1S/C29H29N5O4/c1-29(2,3)38-28(36)32-15-18-14-31-27(35)20-12-9-17(13-22(18)20)23-16-33-34(5)26(23)21-7-6-8-24(25(21)30-4)37-19-10-11-19/h6-9,12-14,16,19H,10-11,15H2,1-3,5H3,(H,31,35)(H,32,36). The number of nitrogens with one attached hydrogen (secondary N) is 2. The fourth-order valence-electron chi connectivity index (χ4n) is 4.37. The quantitative estimate of drug-likeness (QED) is 0.323. The highest BCUT2D eigenvalue weighted by molar-refractivity contribution is 5.94. The van der Waals surface area contributed by atoms with E-state index in [1.54, 1.807) is 43.9 Å². The minimum Gasteiger partial charge on any atom is -0.501 e. The van der Waals surface area contributed by atoms with Gasteiger partial charge in [-0.1, -0.05) is 18.2 Å². The topological polar surface area (TPSA) is 103 Å². The van der Waals surface area contributed by atoms with Crippen molar-refractivity contribution in [3.05, 3.63) is 76.1 Å². The van der Waals surface area contributed by atoms with Crippen molar-refractivity contribution in [2.24, 2.45) is 7.05 Å². The lowest BCUT2D eigenvalue weighted by molar-refractivity contribution is 0.0523. The number of nitrogens with zero attached hydrogens (tertiary/aromatic N) is 3. The first-order chi connectivity index (χ1) is 18.1. The predicted molar refractivity (Wildman–Crippen MR) is 145 cm³/mol. The van der Waals surface area contributed by atoms with Gasteiger partial charge in [0.25, 0.3) is 5.56 Å². The number of ether oxygens (including phenoxy) is 2. The normalized spacial score (nSPS) is 13.2. The molecular weight excluding hydrogens is 482 g/mol. The number of hydrogen-bond donors (Lipinski definition) is 2. The molecule has 2 aromatic carbocycles. The molecule has 9 heteroatoms. The highest BCUT2D eigenvalue weighted by Gasteiger charge is 2.26. The van der Waals surface area contributed by atoms with E-state index in [4.69, 9.17) is 16.0 Å². The van der Waals surface area contributed by atoms with Crippen molar-refractivity contribution < 1.29 is 14.3 Å². The van der Waals surface area contributed by atoms with Crippen molar-refractivity contribution in [1.82, 2.24) is 20.1 Å². The molecule has 2 heterocycles. The number of para-hydroxylation sites is 1. The van der Waals surface area contributed by atoms with Gasteiger partial charge in [-0.25, -0.2) is 9.64 Å². The Morgan fingerprint density at radius 2 is 2.00 bits per heavy atom. The molecule has 0 saturated heterocycles. The number of hydrogen-bond acceptors (Lipinski definition) is 5. The molecule has 0 unspecified atom stereocenters. The third kappa shape index (κ3) is 5.11. The van der Waals surface area contributed by atoms with E-state index < -0.39 is 11.7 Å². The van der Waals surface area contributed by atoms with Crippen LogP contribution in [0.15, 0.2) is 53.6 Å². The molecule has 2 N–H and O–H groups in total. The van der Waals surface area contributed by atoms with Gasteiger partial charge >= 0.3 is 6.09 Å². The van der Waals surface area contributed by atoms with Crippen molar-refractivity contribution >= 4 is 22.6 Å². The zero-order chi connectivity index (χ0) is 27.0. The molecule has 0 spiro atoms. The lowest BCUT2D eigenvalue weighted by atomic mass is 9.97. The van der Waals surface area contributed by atoms with E-state index >= 15 is 0 Å². The Kier molecular flexibility index (Phi) is 6.41. The summed E-state index contributed by atoms with van der Waals surface area (Å²) in [6.45, 7) is 13.4. The van der Waals surface area contributed by atoms with Gasteiger partial charge in [-0.05, 0) is 68.3 Å². The van der Waals surface area contributed by atoms with Crippen LogP contribution in [-0.2, 0) is 18.3 Å². The van der Waals surface area contributed by atoms with Crippen molar-refractivity contribution in [3.8, 4) is 28.1 Å². The van der Waals surface area contributed by atoms with Crippen LogP contribution in [0.5, 0.6) is 5.75 Å². The second kappa shape index (κ2) is 9.71. The number of pyridine rings is 1. The highest BCUT2D eigenvalue weighted by atomic mass is 16.6. The third-order valence-electron chi connectivity index (χ3n) is 6.24. The summed E-state index contributed by atoms with van der Waals surface area (Å²) >= 11 is 0. The van der Waals surface area contributed by atoms with Crippen molar-refractivity contribution in [3.63, 3.8) is 0 Å². The Labute approximate surface area is 220 Å². The fourth-order valence-corrected chi connectivity index (χ4v) is 4.37. The molecule has 1 amide bonds. The molecule has 4 aromatic rings. The average molecular weight is 512 g/mol. The van der Waals surface area contributed by atoms with E-state index in [0.29, 0.717) is 22.2 Å². The molecule has 0 aliphatic heterocycles. The molecule has 38 heavy (non-hydrogen) atoms. The summed E-state index contributed by atoms with van der Waals surface area (Å²) < 4.78 is 13.1. The number of benzene rings is 2. The van der Waals surface area contributed by atoms with Crippen LogP contribution in [0.1, 0.15) is 39.2 Å². The Balaban J connectivity index is 1.56. The zero-order valence-electron chi connectivity index (χ0n) is 21.8. The maximum atomic E-state index is 12.6. The van der Waals surface area contributed by atoms with Gasteiger partial charge in [-0.2, -0.15) is 5.10 Å². The number of amides is 1. The van der Waals surface area contributed by atoms with Crippen molar-refractivity contribution in [2.75, 3.05) is 0 Å². The summed E-state index contributed by atoms with van der Waals surface area (Å²) in [7, 11) is 1.84. The zero-order valence-corrected chi connectivity index (χ0v) is 21.8. The molecule has 2 aromatic heterocycles. The van der Waals surface area contributed by atoms with Crippen LogP contribution >= 0.6 is 0 Å². The molecule has 0 radical (unpaired) electrons. The lowest BCUT2D eigenvalue weighted by Gasteiger charge is -2.20. The smallest absolute Gasteiger partial charge is 0.407 e. The first-order valence-corrected chi connectivity index (χ1v) is 12.5. The maximum Gasteiger partial charge on any atom is 0.407 e. The molecule has 0 bridgehead atoms. The minimum absolute atomic E-state index is 0.169. The van der Waals surface area contributed by atoms with Gasteiger partial charge in [-0.15, -0.1) is 0 Å². The van der Waals surface area contributed by atoms with E-state index in [0.717, 1.165) is 40.8 Å². The molecule has 1 aliphatic carbocycles. The fraction of sp³-hybridized carbons (Fsp3) is 0.310. The number of fused-ring (bicyclic) bond motifs is 1. The number of carbonyl (C=O) groups excluding carboxylic acids is 1. The van der Waals surface area contributed by atoms with Gasteiger partial charge in [0.15, 0.2) is 0 Å². The third-order valence-corrected chi connectivity index (χ3v) is 6.24. The van der Waals surface area contributed by atoms with Crippen LogP contribution in [0, 0.1) is 6.57 Å². The molecule has 5 rings (SSSR count). The van der Waals surface area contributed by atoms with E-state index in [-0.39, 0.29) is 18.2 Å². The molecule has 1 saturated carbocycles. The SMILES string of the molecule is [C-]#[N+]c1c(OC2CC2)cccc1-c1c(-c2ccc3c(=O)[nH]cc(CNC(=O)OC(C)(C)C)c3c2)cnn1C. The molecule has 194 valence electrons. The highest BCUT2D eigenvalue weighted by Crippen LogP contribution is 2.44. The van der Waals surface area contributed by atoms with E-state index in [9.17, 15) is 9.59 Å². The van der Waals surface area contributed by atoms with Gasteiger partial charge in [-0.3, -0.25) is 9.48 Å². The van der Waals surface area contributed by atoms with E-state index in [1.165, 1.54) is 0 Å². The first kappa shape index (κ1) is 25.1. The van der Waals surface area contributed by atoms with Gasteiger partial charge in [0.1, 0.15) is 11.4 Å². The first-order valence-electron chi connectivity index (χ1n) is 12.5. The molecule has 9 nitrogen and oxygen atoms in total. The summed E-state index contributed by atoms with van der Waals surface area (Å²) in [5.41, 5.74) is 3.48. The number of H-pyrrole nitrogens is 1. The number of aromatic nitrogens is 3. The van der Waals surface area contributed by atoms with E-state index in [2.05, 4.69) is 20.2 Å². The lowest BCUT2D eigenvalue weighted by Crippen LogP contribution is -2.32. The van der Waals surface area contributed by atoms with Gasteiger partial charge < -0.3 is 19.8 Å². The van der Waals surface area contributed by atoms with Crippen LogP contribution in [0.25, 0.3) is 38.0 Å². The Bertz CT molecular complexity index is 1630. The van der Waals surface area contributed by atoms with Gasteiger partial charge in [0, 0.05) is 36.3 Å². The largest absolute Gasteiger partial charge is 0.501 e. The van der Waals surface area contributed by atoms with Crippen LogP contribution < -0.4 is 15.6 Å².